The molecule has 114 valence electrons. The summed E-state index contributed by atoms with van der Waals surface area (Å²) in [7, 11) is 0. The average molecular weight is 333 g/mol. The van der Waals surface area contributed by atoms with Gasteiger partial charge in [-0.05, 0) is 25.0 Å². The Kier molecular flexibility index (Phi) is 4.84. The van der Waals surface area contributed by atoms with Crippen molar-refractivity contribution in [3.8, 4) is 0 Å². The van der Waals surface area contributed by atoms with Crippen molar-refractivity contribution >= 4 is 50.7 Å². The summed E-state index contributed by atoms with van der Waals surface area (Å²) in [6.07, 6.45) is 2.61. The Bertz CT molecular complexity index is 706. The largest absolute Gasteiger partial charge is 0.299 e. The molecule has 0 saturated heterocycles. The maximum atomic E-state index is 11.8. The molecule has 0 unspecified atom stereocenters. The normalized spacial score (nSPS) is 17.1. The smallest absolute Gasteiger partial charge is 0.250 e. The van der Waals surface area contributed by atoms with Gasteiger partial charge in [0.25, 0.3) is 5.91 Å². The van der Waals surface area contributed by atoms with Gasteiger partial charge in [0.2, 0.25) is 0 Å². The van der Waals surface area contributed by atoms with E-state index in [0.717, 1.165) is 33.1 Å². The van der Waals surface area contributed by atoms with Gasteiger partial charge < -0.3 is 0 Å². The van der Waals surface area contributed by atoms with E-state index in [4.69, 9.17) is 0 Å². The minimum atomic E-state index is -0.172. The Morgan fingerprint density at radius 3 is 3.05 bits per heavy atom. The van der Waals surface area contributed by atoms with Crippen molar-refractivity contribution in [1.29, 1.82) is 0 Å². The molecule has 22 heavy (non-hydrogen) atoms. The molecule has 1 heterocycles. The molecule has 1 aromatic heterocycles. The van der Waals surface area contributed by atoms with Gasteiger partial charge in [0.1, 0.15) is 5.78 Å². The van der Waals surface area contributed by atoms with E-state index in [1.165, 1.54) is 11.8 Å². The van der Waals surface area contributed by atoms with Crippen LogP contribution >= 0.6 is 23.1 Å². The summed E-state index contributed by atoms with van der Waals surface area (Å²) in [5.74, 6) is 0.294. The fraction of sp³-hybridized carbons (Fsp3) is 0.333. The van der Waals surface area contributed by atoms with E-state index in [1.807, 2.05) is 24.3 Å². The van der Waals surface area contributed by atoms with Gasteiger partial charge in [0, 0.05) is 18.6 Å². The number of nitrogens with one attached hydrogen (secondary N) is 1. The van der Waals surface area contributed by atoms with Crippen LogP contribution in [0.2, 0.25) is 0 Å². The van der Waals surface area contributed by atoms with Gasteiger partial charge in [0.05, 0.1) is 16.0 Å². The second kappa shape index (κ2) is 7.02. The third kappa shape index (κ3) is 3.92. The molecule has 5 nitrogen and oxygen atoms in total. The number of hydrogen-bond acceptors (Lipinski definition) is 6. The Morgan fingerprint density at radius 2 is 2.23 bits per heavy atom. The molecule has 2 aromatic rings. The van der Waals surface area contributed by atoms with Crippen LogP contribution in [0, 0.1) is 0 Å². The number of carbonyl (C=O) groups excluding carboxylic acids is 2. The van der Waals surface area contributed by atoms with Gasteiger partial charge in [-0.2, -0.15) is 5.10 Å². The number of benzene rings is 1. The topological polar surface area (TPSA) is 71.4 Å². The molecule has 1 aromatic carbocycles. The first-order valence-corrected chi connectivity index (χ1v) is 8.85. The number of hydrazone groups is 1. The van der Waals surface area contributed by atoms with Crippen LogP contribution in [0.4, 0.5) is 0 Å². The van der Waals surface area contributed by atoms with Crippen LogP contribution in [0.1, 0.15) is 25.7 Å². The minimum absolute atomic E-state index is 0.172. The standard InChI is InChI=1S/C15H15N3O2S2/c19-11-5-3-4-10(8-11)17-18-14(20)9-21-15-16-12-6-1-2-7-13(12)22-15/h1-2,6-7H,3-5,8-9H2,(H,18,20)/b17-10-. The Hall–Kier alpha value is -1.73. The number of nitrogens with zero attached hydrogens (tertiary/aromatic N) is 2. The van der Waals surface area contributed by atoms with Gasteiger partial charge in [0.15, 0.2) is 4.34 Å². The van der Waals surface area contributed by atoms with Crippen LogP contribution in [-0.2, 0) is 9.59 Å². The summed E-state index contributed by atoms with van der Waals surface area (Å²) in [6.45, 7) is 0. The van der Waals surface area contributed by atoms with Gasteiger partial charge in [-0.3, -0.25) is 9.59 Å². The highest BCUT2D eigenvalue weighted by atomic mass is 32.2. The van der Waals surface area contributed by atoms with E-state index in [0.29, 0.717) is 12.8 Å². The lowest BCUT2D eigenvalue weighted by Crippen LogP contribution is -2.24. The third-order valence-corrected chi connectivity index (χ3v) is 5.44. The van der Waals surface area contributed by atoms with Crippen molar-refractivity contribution in [3.05, 3.63) is 24.3 Å². The fourth-order valence-corrected chi connectivity index (χ4v) is 4.06. The molecule has 1 aliphatic rings. The van der Waals surface area contributed by atoms with Gasteiger partial charge in [-0.1, -0.05) is 23.9 Å². The lowest BCUT2D eigenvalue weighted by atomic mass is 9.97. The number of fused-ring (bicyclic) bond motifs is 1. The highest BCUT2D eigenvalue weighted by Crippen LogP contribution is 2.28. The molecule has 0 radical (unpaired) electrons. The second-order valence-corrected chi connectivity index (χ2v) is 7.27. The fourth-order valence-electron chi connectivity index (χ4n) is 2.20. The van der Waals surface area contributed by atoms with Crippen LogP contribution in [0.3, 0.4) is 0 Å². The van der Waals surface area contributed by atoms with Crippen LogP contribution in [0.15, 0.2) is 33.7 Å². The first-order valence-electron chi connectivity index (χ1n) is 7.05. The minimum Gasteiger partial charge on any atom is -0.299 e. The van der Waals surface area contributed by atoms with Crippen molar-refractivity contribution in [2.24, 2.45) is 5.10 Å². The number of aromatic nitrogens is 1. The second-order valence-electron chi connectivity index (χ2n) is 5.02. The average Bonchev–Trinajstić information content (AvgIpc) is 2.94. The highest BCUT2D eigenvalue weighted by Gasteiger charge is 2.15. The zero-order chi connectivity index (χ0) is 15.4. The molecular formula is C15H15N3O2S2. The summed E-state index contributed by atoms with van der Waals surface area (Å²) in [4.78, 5) is 27.6. The number of carbonyl (C=O) groups is 2. The van der Waals surface area contributed by atoms with E-state index in [9.17, 15) is 9.59 Å². The number of thiazole rings is 1. The quantitative estimate of drug-likeness (QED) is 0.690. The molecule has 0 aliphatic heterocycles. The molecular weight excluding hydrogens is 318 g/mol. The Morgan fingerprint density at radius 1 is 1.36 bits per heavy atom. The molecule has 7 heteroatoms. The lowest BCUT2D eigenvalue weighted by molar-refractivity contribution is -0.119. The molecule has 0 spiro atoms. The van der Waals surface area contributed by atoms with Crippen molar-refractivity contribution in [1.82, 2.24) is 10.4 Å². The Balaban J connectivity index is 1.51. The predicted octanol–water partition coefficient (Wildman–Crippen LogP) is 3.00. The maximum absolute atomic E-state index is 11.8. The highest BCUT2D eigenvalue weighted by molar-refractivity contribution is 8.01. The van der Waals surface area contributed by atoms with Crippen molar-refractivity contribution < 1.29 is 9.59 Å². The number of rotatable bonds is 4. The number of ketones is 1. The maximum Gasteiger partial charge on any atom is 0.250 e. The van der Waals surface area contributed by atoms with Gasteiger partial charge in [-0.15, -0.1) is 11.3 Å². The third-order valence-electron chi connectivity index (χ3n) is 3.26. The molecule has 1 fully saturated rings. The van der Waals surface area contributed by atoms with E-state index in [1.54, 1.807) is 11.3 Å². The molecule has 1 saturated carbocycles. The summed E-state index contributed by atoms with van der Waals surface area (Å²) in [6, 6.07) is 7.90. The van der Waals surface area contributed by atoms with Gasteiger partial charge in [-0.25, -0.2) is 10.4 Å². The van der Waals surface area contributed by atoms with E-state index in [-0.39, 0.29) is 17.4 Å². The predicted molar refractivity (Wildman–Crippen MR) is 89.4 cm³/mol. The van der Waals surface area contributed by atoms with Crippen molar-refractivity contribution in [2.75, 3.05) is 5.75 Å². The SMILES string of the molecule is O=C1CCC/C(=N/NC(=O)CSc2nc3ccccc3s2)C1. The van der Waals surface area contributed by atoms with Crippen LogP contribution < -0.4 is 5.43 Å². The Labute approximate surface area is 136 Å². The summed E-state index contributed by atoms with van der Waals surface area (Å²) in [5.41, 5.74) is 4.26. The number of hydrogen-bond donors (Lipinski definition) is 1. The zero-order valence-corrected chi connectivity index (χ0v) is 13.5. The molecule has 0 bridgehead atoms. The van der Waals surface area contributed by atoms with E-state index in [2.05, 4.69) is 15.5 Å². The molecule has 1 amide bonds. The monoisotopic (exact) mass is 333 g/mol. The molecule has 1 N–H and O–H groups in total. The first kappa shape index (κ1) is 15.2. The van der Waals surface area contributed by atoms with Crippen molar-refractivity contribution in [2.45, 2.75) is 30.0 Å². The first-order chi connectivity index (χ1) is 10.7. The van der Waals surface area contributed by atoms with Crippen LogP contribution in [0.5, 0.6) is 0 Å². The van der Waals surface area contributed by atoms with Crippen LogP contribution in [-0.4, -0.2) is 28.1 Å². The number of thioether (sulfide) groups is 1. The van der Waals surface area contributed by atoms with Gasteiger partial charge >= 0.3 is 0 Å². The summed E-state index contributed by atoms with van der Waals surface area (Å²) < 4.78 is 1.99. The summed E-state index contributed by atoms with van der Waals surface area (Å²) >= 11 is 2.98. The number of para-hydroxylation sites is 1. The number of amides is 1. The lowest BCUT2D eigenvalue weighted by Gasteiger charge is -2.11. The molecule has 3 rings (SSSR count). The zero-order valence-electron chi connectivity index (χ0n) is 11.9. The molecule has 1 aliphatic carbocycles. The van der Waals surface area contributed by atoms with Crippen LogP contribution in [0.25, 0.3) is 10.2 Å². The van der Waals surface area contributed by atoms with Crippen molar-refractivity contribution in [3.63, 3.8) is 0 Å². The van der Waals surface area contributed by atoms with E-state index >= 15 is 0 Å². The summed E-state index contributed by atoms with van der Waals surface area (Å²) in [5, 5.41) is 4.05. The van der Waals surface area contributed by atoms with E-state index < -0.39 is 0 Å². The molecule has 0 atom stereocenters. The number of Topliss-reactive ketones (excluding diaryl/α,β-unsaturated/α-hetero) is 1.